The fourth-order valence-corrected chi connectivity index (χ4v) is 8.52. The highest BCUT2D eigenvalue weighted by Crippen LogP contribution is 2.29. The lowest BCUT2D eigenvalue weighted by molar-refractivity contribution is 0.117. The Morgan fingerprint density at radius 1 is 0.328 bits per heavy atom. The SMILES string of the molecule is CCCCCC#CC#CCCCCCCCCCCCCOCc1cccc2cc3c(COCCCCCCCCCCCCCCC#CC#CCCCCCCC)cccc3cc12. The zero-order valence-electron chi connectivity index (χ0n) is 41.3. The standard InChI is InChI=1S/C62H90O2/c1-3-5-7-9-11-13-15-17-19-21-23-24-25-26-28-30-32-34-36-38-40-42-44-52-64-56-60-50-46-48-58-53-61-57(54-62(58)60)47-45-49-59(61)55-63-51-43-41-39-37-35-33-31-29-27-22-20-18-16-14-12-10-8-6-4-2/h45-50,53-54H,3-11,13,20,22-44,51-52,55-56H2,1-2H3. The van der Waals surface area contributed by atoms with Gasteiger partial charge in [0.25, 0.3) is 0 Å². The van der Waals surface area contributed by atoms with Crippen molar-refractivity contribution in [2.75, 3.05) is 13.2 Å². The molecule has 0 bridgehead atoms. The van der Waals surface area contributed by atoms with Crippen LogP contribution in [0.2, 0.25) is 0 Å². The molecule has 0 spiro atoms. The first-order chi connectivity index (χ1) is 31.8. The lowest BCUT2D eigenvalue weighted by Gasteiger charge is -2.12. The van der Waals surface area contributed by atoms with Gasteiger partial charge in [-0.2, -0.15) is 0 Å². The Morgan fingerprint density at radius 2 is 0.609 bits per heavy atom. The molecule has 2 heteroatoms. The van der Waals surface area contributed by atoms with Gasteiger partial charge in [-0.15, -0.1) is 0 Å². The van der Waals surface area contributed by atoms with E-state index in [4.69, 9.17) is 9.47 Å². The smallest absolute Gasteiger partial charge is 0.0722 e. The minimum absolute atomic E-state index is 0.678. The first-order valence-corrected chi connectivity index (χ1v) is 26.8. The quantitative estimate of drug-likeness (QED) is 0.0325. The summed E-state index contributed by atoms with van der Waals surface area (Å²) in [6, 6.07) is 18.0. The van der Waals surface area contributed by atoms with Gasteiger partial charge in [0.1, 0.15) is 0 Å². The van der Waals surface area contributed by atoms with E-state index in [2.05, 4.69) is 110 Å². The van der Waals surface area contributed by atoms with Gasteiger partial charge >= 0.3 is 0 Å². The van der Waals surface area contributed by atoms with E-state index in [1.807, 2.05) is 0 Å². The van der Waals surface area contributed by atoms with Crippen molar-refractivity contribution in [3.63, 3.8) is 0 Å². The third-order valence-corrected chi connectivity index (χ3v) is 12.5. The third-order valence-electron chi connectivity index (χ3n) is 12.5. The van der Waals surface area contributed by atoms with Crippen molar-refractivity contribution in [2.45, 2.75) is 245 Å². The topological polar surface area (TPSA) is 18.5 Å². The number of hydrogen-bond acceptors (Lipinski definition) is 2. The molecule has 0 saturated carbocycles. The predicted octanol–water partition coefficient (Wildman–Crippen LogP) is 18.3. The van der Waals surface area contributed by atoms with Crippen LogP contribution in [0.3, 0.4) is 0 Å². The van der Waals surface area contributed by atoms with Gasteiger partial charge in [0.05, 0.1) is 13.2 Å². The highest BCUT2D eigenvalue weighted by molar-refractivity contribution is 6.00. The summed E-state index contributed by atoms with van der Waals surface area (Å²) < 4.78 is 12.4. The molecule has 3 aromatic carbocycles. The maximum atomic E-state index is 6.22. The van der Waals surface area contributed by atoms with Crippen LogP contribution in [-0.2, 0) is 22.7 Å². The number of unbranched alkanes of at least 4 members (excludes halogenated alkanes) is 30. The number of ether oxygens (including phenoxy) is 2. The largest absolute Gasteiger partial charge is 0.377 e. The second-order valence-corrected chi connectivity index (χ2v) is 18.3. The van der Waals surface area contributed by atoms with Gasteiger partial charge in [0.15, 0.2) is 0 Å². The Balaban J connectivity index is 1.15. The molecule has 3 aromatic rings. The number of fused-ring (bicyclic) bond motifs is 2. The Bertz CT molecular complexity index is 1860. The van der Waals surface area contributed by atoms with E-state index in [1.54, 1.807) is 0 Å². The minimum atomic E-state index is 0.678. The van der Waals surface area contributed by atoms with Gasteiger partial charge in [-0.25, -0.2) is 0 Å². The zero-order valence-corrected chi connectivity index (χ0v) is 41.3. The summed E-state index contributed by atoms with van der Waals surface area (Å²) in [6.07, 6.45) is 43.3. The van der Waals surface area contributed by atoms with Crippen molar-refractivity contribution in [1.82, 2.24) is 0 Å². The molecule has 0 aliphatic heterocycles. The van der Waals surface area contributed by atoms with Gasteiger partial charge in [0, 0.05) is 38.9 Å². The molecule has 0 aliphatic carbocycles. The molecule has 2 nitrogen and oxygen atoms in total. The summed E-state index contributed by atoms with van der Waals surface area (Å²) in [5.74, 6) is 25.0. The fourth-order valence-electron chi connectivity index (χ4n) is 8.52. The number of benzene rings is 3. The van der Waals surface area contributed by atoms with Crippen molar-refractivity contribution >= 4 is 21.5 Å². The average Bonchev–Trinajstić information content (AvgIpc) is 3.31. The van der Waals surface area contributed by atoms with Crippen LogP contribution in [0.15, 0.2) is 48.5 Å². The maximum Gasteiger partial charge on any atom is 0.0722 e. The average molecular weight is 867 g/mol. The molecule has 0 saturated heterocycles. The fraction of sp³-hybridized carbons (Fsp3) is 0.645. The van der Waals surface area contributed by atoms with Gasteiger partial charge in [0.2, 0.25) is 0 Å². The van der Waals surface area contributed by atoms with E-state index in [1.165, 1.54) is 212 Å². The van der Waals surface area contributed by atoms with Crippen molar-refractivity contribution in [2.24, 2.45) is 0 Å². The first-order valence-electron chi connectivity index (χ1n) is 26.8. The van der Waals surface area contributed by atoms with Gasteiger partial charge in [-0.1, -0.05) is 228 Å². The maximum absolute atomic E-state index is 6.22. The van der Waals surface area contributed by atoms with Crippen LogP contribution >= 0.6 is 0 Å². The van der Waals surface area contributed by atoms with Crippen molar-refractivity contribution < 1.29 is 9.47 Å². The first kappa shape index (κ1) is 54.7. The summed E-state index contributed by atoms with van der Waals surface area (Å²) in [7, 11) is 0. The number of rotatable bonds is 38. The summed E-state index contributed by atoms with van der Waals surface area (Å²) in [6.45, 7) is 7.53. The summed E-state index contributed by atoms with van der Waals surface area (Å²) >= 11 is 0. The molecular weight excluding hydrogens is 777 g/mol. The van der Waals surface area contributed by atoms with Gasteiger partial charge < -0.3 is 9.47 Å². The normalized spacial score (nSPS) is 10.8. The summed E-state index contributed by atoms with van der Waals surface area (Å²) in [4.78, 5) is 0. The van der Waals surface area contributed by atoms with Crippen molar-refractivity contribution in [1.29, 1.82) is 0 Å². The molecule has 64 heavy (non-hydrogen) atoms. The molecule has 0 unspecified atom stereocenters. The lowest BCUT2D eigenvalue weighted by atomic mass is 9.97. The number of hydrogen-bond donors (Lipinski definition) is 0. The highest BCUT2D eigenvalue weighted by atomic mass is 16.5. The molecule has 0 aliphatic rings. The third kappa shape index (κ3) is 28.3. The Kier molecular flexibility index (Phi) is 34.9. The molecule has 0 radical (unpaired) electrons. The molecule has 0 heterocycles. The molecule has 0 amide bonds. The molecule has 350 valence electrons. The van der Waals surface area contributed by atoms with Crippen LogP contribution in [0.25, 0.3) is 21.5 Å². The molecule has 0 aromatic heterocycles. The van der Waals surface area contributed by atoms with Crippen LogP contribution < -0.4 is 0 Å². The van der Waals surface area contributed by atoms with Crippen LogP contribution in [0.5, 0.6) is 0 Å². The second kappa shape index (κ2) is 40.8. The van der Waals surface area contributed by atoms with Crippen LogP contribution in [-0.4, -0.2) is 13.2 Å². The molecule has 0 fully saturated rings. The molecule has 0 atom stereocenters. The summed E-state index contributed by atoms with van der Waals surface area (Å²) in [5, 5.41) is 5.19. The van der Waals surface area contributed by atoms with Crippen molar-refractivity contribution in [3.05, 3.63) is 59.7 Å². The van der Waals surface area contributed by atoms with E-state index in [0.29, 0.717) is 13.2 Å². The Hall–Kier alpha value is -3.66. The minimum Gasteiger partial charge on any atom is -0.377 e. The lowest BCUT2D eigenvalue weighted by Crippen LogP contribution is -1.98. The van der Waals surface area contributed by atoms with Gasteiger partial charge in [-0.05, 0) is 107 Å². The van der Waals surface area contributed by atoms with E-state index in [0.717, 1.165) is 51.7 Å². The van der Waals surface area contributed by atoms with E-state index in [-0.39, 0.29) is 0 Å². The Morgan fingerprint density at radius 3 is 0.953 bits per heavy atom. The summed E-state index contributed by atoms with van der Waals surface area (Å²) in [5.41, 5.74) is 2.57. The van der Waals surface area contributed by atoms with E-state index < -0.39 is 0 Å². The molecule has 3 rings (SSSR count). The highest BCUT2D eigenvalue weighted by Gasteiger charge is 2.08. The van der Waals surface area contributed by atoms with E-state index in [9.17, 15) is 0 Å². The van der Waals surface area contributed by atoms with E-state index >= 15 is 0 Å². The molecule has 0 N–H and O–H groups in total. The van der Waals surface area contributed by atoms with Crippen molar-refractivity contribution in [3.8, 4) is 47.4 Å². The van der Waals surface area contributed by atoms with Crippen LogP contribution in [0.4, 0.5) is 0 Å². The monoisotopic (exact) mass is 867 g/mol. The predicted molar refractivity (Wildman–Crippen MR) is 280 cm³/mol. The van der Waals surface area contributed by atoms with Gasteiger partial charge in [-0.3, -0.25) is 0 Å². The van der Waals surface area contributed by atoms with Crippen LogP contribution in [0.1, 0.15) is 243 Å². The zero-order chi connectivity index (χ0) is 45.1. The Labute approximate surface area is 395 Å². The van der Waals surface area contributed by atoms with Crippen LogP contribution in [0, 0.1) is 47.4 Å². The molecular formula is C62H90O2. The second-order valence-electron chi connectivity index (χ2n) is 18.3.